The summed E-state index contributed by atoms with van der Waals surface area (Å²) in [5, 5.41) is 10.4. The second-order valence-corrected chi connectivity index (χ2v) is 5.16. The molecule has 0 spiro atoms. The fourth-order valence-electron chi connectivity index (χ4n) is 2.19. The molecule has 0 aromatic heterocycles. The molecule has 1 N–H and O–H groups in total. The first-order chi connectivity index (χ1) is 8.17. The van der Waals surface area contributed by atoms with Gasteiger partial charge in [0.25, 0.3) is 0 Å². The Morgan fingerprint density at radius 2 is 1.53 bits per heavy atom. The topological polar surface area (TPSA) is 20.2 Å². The quantitative estimate of drug-likeness (QED) is 0.649. The van der Waals surface area contributed by atoms with Gasteiger partial charge < -0.3 is 5.11 Å². The molecule has 0 aliphatic heterocycles. The third-order valence-electron chi connectivity index (χ3n) is 3.41. The monoisotopic (exact) mass is 234 g/mol. The van der Waals surface area contributed by atoms with Gasteiger partial charge in [-0.3, -0.25) is 0 Å². The van der Waals surface area contributed by atoms with Gasteiger partial charge in [0.2, 0.25) is 0 Å². The SMILES string of the molecule is CCCCCCCCC(C)(O)c1ccccc1. The molecule has 0 aliphatic rings. The zero-order chi connectivity index (χ0) is 12.6. The first kappa shape index (κ1) is 14.2. The van der Waals surface area contributed by atoms with Crippen LogP contribution in [0.1, 0.15) is 64.4 Å². The van der Waals surface area contributed by atoms with E-state index in [0.29, 0.717) is 0 Å². The molecule has 1 rings (SSSR count). The highest BCUT2D eigenvalue weighted by Gasteiger charge is 2.21. The molecular weight excluding hydrogens is 208 g/mol. The molecule has 0 saturated heterocycles. The Balaban J connectivity index is 2.26. The Morgan fingerprint density at radius 1 is 0.941 bits per heavy atom. The minimum absolute atomic E-state index is 0.661. The number of hydrogen-bond acceptors (Lipinski definition) is 1. The average molecular weight is 234 g/mol. The van der Waals surface area contributed by atoms with Gasteiger partial charge in [0.1, 0.15) is 0 Å². The Hall–Kier alpha value is -0.820. The van der Waals surface area contributed by atoms with E-state index in [4.69, 9.17) is 0 Å². The number of rotatable bonds is 8. The van der Waals surface area contributed by atoms with Gasteiger partial charge in [0.15, 0.2) is 0 Å². The molecule has 17 heavy (non-hydrogen) atoms. The molecule has 1 unspecified atom stereocenters. The Kier molecular flexibility index (Phi) is 6.28. The highest BCUT2D eigenvalue weighted by molar-refractivity contribution is 5.21. The molecule has 0 bridgehead atoms. The Morgan fingerprint density at radius 3 is 2.18 bits per heavy atom. The van der Waals surface area contributed by atoms with Crippen molar-refractivity contribution in [3.8, 4) is 0 Å². The van der Waals surface area contributed by atoms with Crippen molar-refractivity contribution < 1.29 is 5.11 Å². The van der Waals surface area contributed by atoms with E-state index in [1.54, 1.807) is 0 Å². The minimum Gasteiger partial charge on any atom is -0.385 e. The second-order valence-electron chi connectivity index (χ2n) is 5.16. The van der Waals surface area contributed by atoms with Crippen LogP contribution < -0.4 is 0 Å². The van der Waals surface area contributed by atoms with Gasteiger partial charge in [-0.05, 0) is 18.9 Å². The molecule has 1 aromatic rings. The van der Waals surface area contributed by atoms with E-state index >= 15 is 0 Å². The normalized spacial score (nSPS) is 14.5. The molecule has 96 valence electrons. The Bertz CT molecular complexity index is 290. The molecule has 1 atom stereocenters. The summed E-state index contributed by atoms with van der Waals surface area (Å²) in [5.74, 6) is 0. The highest BCUT2D eigenvalue weighted by atomic mass is 16.3. The lowest BCUT2D eigenvalue weighted by molar-refractivity contribution is 0.0448. The molecule has 1 heteroatoms. The van der Waals surface area contributed by atoms with Crippen LogP contribution in [-0.2, 0) is 5.60 Å². The van der Waals surface area contributed by atoms with E-state index < -0.39 is 5.60 Å². The molecule has 0 heterocycles. The van der Waals surface area contributed by atoms with Crippen LogP contribution in [0.4, 0.5) is 0 Å². The predicted octanol–water partition coefficient (Wildman–Crippen LogP) is 4.64. The van der Waals surface area contributed by atoms with Gasteiger partial charge in [0.05, 0.1) is 5.60 Å². The molecule has 1 nitrogen and oxygen atoms in total. The maximum absolute atomic E-state index is 10.4. The van der Waals surface area contributed by atoms with E-state index in [-0.39, 0.29) is 0 Å². The zero-order valence-electron chi connectivity index (χ0n) is 11.3. The lowest BCUT2D eigenvalue weighted by atomic mass is 9.90. The first-order valence-electron chi connectivity index (χ1n) is 6.94. The van der Waals surface area contributed by atoms with Crippen molar-refractivity contribution >= 4 is 0 Å². The molecular formula is C16H26O. The van der Waals surface area contributed by atoms with Crippen molar-refractivity contribution in [3.63, 3.8) is 0 Å². The summed E-state index contributed by atoms with van der Waals surface area (Å²) in [7, 11) is 0. The van der Waals surface area contributed by atoms with Crippen LogP contribution in [0, 0.1) is 0 Å². The average Bonchev–Trinajstić information content (AvgIpc) is 2.35. The maximum atomic E-state index is 10.4. The van der Waals surface area contributed by atoms with Crippen LogP contribution in [0.3, 0.4) is 0 Å². The predicted molar refractivity (Wildman–Crippen MR) is 74.0 cm³/mol. The lowest BCUT2D eigenvalue weighted by Crippen LogP contribution is -2.20. The number of unbranched alkanes of at least 4 members (excludes halogenated alkanes) is 5. The maximum Gasteiger partial charge on any atom is 0.0868 e. The van der Waals surface area contributed by atoms with Crippen molar-refractivity contribution in [2.45, 2.75) is 64.4 Å². The molecule has 0 amide bonds. The van der Waals surface area contributed by atoms with Gasteiger partial charge in [-0.25, -0.2) is 0 Å². The van der Waals surface area contributed by atoms with Crippen molar-refractivity contribution in [2.24, 2.45) is 0 Å². The molecule has 0 aliphatic carbocycles. The van der Waals surface area contributed by atoms with Gasteiger partial charge in [-0.2, -0.15) is 0 Å². The third kappa shape index (κ3) is 5.36. The molecule has 0 fully saturated rings. The van der Waals surface area contributed by atoms with E-state index in [0.717, 1.165) is 18.4 Å². The Labute approximate surface area is 106 Å². The van der Waals surface area contributed by atoms with Crippen LogP contribution in [0.25, 0.3) is 0 Å². The molecule has 1 aromatic carbocycles. The van der Waals surface area contributed by atoms with Crippen LogP contribution in [0.5, 0.6) is 0 Å². The zero-order valence-corrected chi connectivity index (χ0v) is 11.3. The van der Waals surface area contributed by atoms with E-state index in [9.17, 15) is 5.11 Å². The first-order valence-corrected chi connectivity index (χ1v) is 6.94. The summed E-state index contributed by atoms with van der Waals surface area (Å²) >= 11 is 0. The fraction of sp³-hybridized carbons (Fsp3) is 0.625. The summed E-state index contributed by atoms with van der Waals surface area (Å²) in [4.78, 5) is 0. The smallest absolute Gasteiger partial charge is 0.0868 e. The van der Waals surface area contributed by atoms with Gasteiger partial charge >= 0.3 is 0 Å². The number of hydrogen-bond donors (Lipinski definition) is 1. The number of benzene rings is 1. The fourth-order valence-corrected chi connectivity index (χ4v) is 2.19. The highest BCUT2D eigenvalue weighted by Crippen LogP contribution is 2.26. The van der Waals surface area contributed by atoms with Gasteiger partial charge in [-0.1, -0.05) is 75.8 Å². The van der Waals surface area contributed by atoms with Crippen molar-refractivity contribution in [1.29, 1.82) is 0 Å². The van der Waals surface area contributed by atoms with Crippen LogP contribution in [0.2, 0.25) is 0 Å². The second kappa shape index (κ2) is 7.50. The van der Waals surface area contributed by atoms with Crippen molar-refractivity contribution in [2.75, 3.05) is 0 Å². The minimum atomic E-state index is -0.661. The largest absolute Gasteiger partial charge is 0.385 e. The van der Waals surface area contributed by atoms with E-state index in [2.05, 4.69) is 6.92 Å². The lowest BCUT2D eigenvalue weighted by Gasteiger charge is -2.23. The molecule has 0 saturated carbocycles. The molecule has 0 radical (unpaired) electrons. The summed E-state index contributed by atoms with van der Waals surface area (Å²) in [6.07, 6.45) is 8.50. The third-order valence-corrected chi connectivity index (χ3v) is 3.41. The van der Waals surface area contributed by atoms with Crippen molar-refractivity contribution in [1.82, 2.24) is 0 Å². The van der Waals surface area contributed by atoms with Crippen LogP contribution in [0.15, 0.2) is 30.3 Å². The summed E-state index contributed by atoms with van der Waals surface area (Å²) in [5.41, 5.74) is 0.375. The van der Waals surface area contributed by atoms with Crippen molar-refractivity contribution in [3.05, 3.63) is 35.9 Å². The summed E-state index contributed by atoms with van der Waals surface area (Å²) in [6.45, 7) is 4.16. The summed E-state index contributed by atoms with van der Waals surface area (Å²) < 4.78 is 0. The van der Waals surface area contributed by atoms with E-state index in [1.165, 1.54) is 32.1 Å². The van der Waals surface area contributed by atoms with E-state index in [1.807, 2.05) is 37.3 Å². The summed E-state index contributed by atoms with van der Waals surface area (Å²) in [6, 6.07) is 9.99. The van der Waals surface area contributed by atoms with Crippen LogP contribution in [-0.4, -0.2) is 5.11 Å². The van der Waals surface area contributed by atoms with Gasteiger partial charge in [-0.15, -0.1) is 0 Å². The van der Waals surface area contributed by atoms with Gasteiger partial charge in [0, 0.05) is 0 Å². The number of aliphatic hydroxyl groups is 1. The standard InChI is InChI=1S/C16H26O/c1-3-4-5-6-7-11-14-16(2,17)15-12-9-8-10-13-15/h8-10,12-13,17H,3-7,11,14H2,1-2H3. The van der Waals surface area contributed by atoms with Crippen LogP contribution >= 0.6 is 0 Å².